The predicted molar refractivity (Wildman–Crippen MR) is 85.5 cm³/mol. The standard InChI is InChI=1S/C18H19N3O3/c1-12-19-14(11-24-12)8-20-9-15-16(10-20)18(23)21(17(15)22)7-13-5-3-2-4-6-13/h2-6,11,15-16H,7-10H2,1H3. The molecule has 0 spiro atoms. The fourth-order valence-electron chi connectivity index (χ4n) is 3.66. The Labute approximate surface area is 140 Å². The highest BCUT2D eigenvalue weighted by Gasteiger charge is 2.52. The van der Waals surface area contributed by atoms with Gasteiger partial charge in [-0.2, -0.15) is 0 Å². The van der Waals surface area contributed by atoms with E-state index in [-0.39, 0.29) is 23.7 Å². The van der Waals surface area contributed by atoms with Gasteiger partial charge in [-0.3, -0.25) is 19.4 Å². The van der Waals surface area contributed by atoms with Crippen LogP contribution in [0.3, 0.4) is 0 Å². The number of hydrogen-bond acceptors (Lipinski definition) is 5. The maximum atomic E-state index is 12.6. The number of nitrogens with zero attached hydrogens (tertiary/aromatic N) is 3. The summed E-state index contributed by atoms with van der Waals surface area (Å²) in [5, 5.41) is 0. The SMILES string of the molecule is Cc1nc(CN2CC3C(=O)N(Cc4ccccc4)C(=O)C3C2)co1. The first-order chi connectivity index (χ1) is 11.6. The molecule has 2 fully saturated rings. The summed E-state index contributed by atoms with van der Waals surface area (Å²) in [6.45, 7) is 3.99. The van der Waals surface area contributed by atoms with Gasteiger partial charge in [0.15, 0.2) is 5.89 Å². The van der Waals surface area contributed by atoms with E-state index in [1.54, 1.807) is 13.2 Å². The Morgan fingerprint density at radius 2 is 1.75 bits per heavy atom. The summed E-state index contributed by atoms with van der Waals surface area (Å²) in [7, 11) is 0. The molecule has 0 bridgehead atoms. The first kappa shape index (κ1) is 15.1. The van der Waals surface area contributed by atoms with E-state index in [2.05, 4.69) is 9.88 Å². The molecule has 2 unspecified atom stereocenters. The third kappa shape index (κ3) is 2.63. The minimum atomic E-state index is -0.228. The van der Waals surface area contributed by atoms with Crippen molar-refractivity contribution >= 4 is 11.8 Å². The van der Waals surface area contributed by atoms with Crippen molar-refractivity contribution in [2.24, 2.45) is 11.8 Å². The van der Waals surface area contributed by atoms with Gasteiger partial charge in [-0.25, -0.2) is 4.98 Å². The van der Waals surface area contributed by atoms with Gasteiger partial charge in [0.05, 0.1) is 24.1 Å². The van der Waals surface area contributed by atoms with Crippen LogP contribution in [0.1, 0.15) is 17.1 Å². The normalized spacial score (nSPS) is 24.0. The zero-order chi connectivity index (χ0) is 16.7. The van der Waals surface area contributed by atoms with Crippen LogP contribution in [0, 0.1) is 18.8 Å². The molecule has 2 aliphatic rings. The van der Waals surface area contributed by atoms with Crippen LogP contribution in [0.25, 0.3) is 0 Å². The largest absolute Gasteiger partial charge is 0.449 e. The van der Waals surface area contributed by atoms with Gasteiger partial charge in [0, 0.05) is 26.6 Å². The summed E-state index contributed by atoms with van der Waals surface area (Å²) in [5.41, 5.74) is 1.82. The lowest BCUT2D eigenvalue weighted by Crippen LogP contribution is -2.35. The average molecular weight is 325 g/mol. The number of likely N-dealkylation sites (tertiary alicyclic amines) is 2. The van der Waals surface area contributed by atoms with E-state index in [4.69, 9.17) is 4.42 Å². The number of hydrogen-bond donors (Lipinski definition) is 0. The first-order valence-corrected chi connectivity index (χ1v) is 8.14. The highest BCUT2D eigenvalue weighted by Crippen LogP contribution is 2.34. The molecule has 2 aliphatic heterocycles. The summed E-state index contributed by atoms with van der Waals surface area (Å²) >= 11 is 0. The number of aryl methyl sites for hydroxylation is 1. The van der Waals surface area contributed by atoms with Crippen molar-refractivity contribution in [1.82, 2.24) is 14.8 Å². The highest BCUT2D eigenvalue weighted by molar-refractivity contribution is 6.05. The summed E-state index contributed by atoms with van der Waals surface area (Å²) in [5.74, 6) is 0.0781. The van der Waals surface area contributed by atoms with Gasteiger partial charge < -0.3 is 4.42 Å². The molecule has 2 aromatic rings. The van der Waals surface area contributed by atoms with Gasteiger partial charge >= 0.3 is 0 Å². The molecule has 4 rings (SSSR count). The third-order valence-corrected chi connectivity index (χ3v) is 4.80. The van der Waals surface area contributed by atoms with Crippen LogP contribution in [-0.4, -0.2) is 39.7 Å². The van der Waals surface area contributed by atoms with Crippen LogP contribution >= 0.6 is 0 Å². The van der Waals surface area contributed by atoms with Crippen LogP contribution < -0.4 is 0 Å². The molecule has 0 radical (unpaired) electrons. The van der Waals surface area contributed by atoms with E-state index in [1.807, 2.05) is 30.3 Å². The number of amides is 2. The maximum absolute atomic E-state index is 12.6. The van der Waals surface area contributed by atoms with Crippen LogP contribution in [0.4, 0.5) is 0 Å². The molecular weight excluding hydrogens is 306 g/mol. The Morgan fingerprint density at radius 1 is 1.08 bits per heavy atom. The molecule has 0 N–H and O–H groups in total. The van der Waals surface area contributed by atoms with Gasteiger partial charge in [-0.15, -0.1) is 0 Å². The molecule has 24 heavy (non-hydrogen) atoms. The molecule has 2 amide bonds. The fourth-order valence-corrected chi connectivity index (χ4v) is 3.66. The number of imide groups is 1. The summed E-state index contributed by atoms with van der Waals surface area (Å²) in [6, 6.07) is 9.64. The third-order valence-electron chi connectivity index (χ3n) is 4.80. The number of rotatable bonds is 4. The lowest BCUT2D eigenvalue weighted by atomic mass is 10.00. The van der Waals surface area contributed by atoms with Crippen molar-refractivity contribution < 1.29 is 14.0 Å². The molecular formula is C18H19N3O3. The van der Waals surface area contributed by atoms with Crippen molar-refractivity contribution in [3.63, 3.8) is 0 Å². The quantitative estimate of drug-likeness (QED) is 0.799. The van der Waals surface area contributed by atoms with Crippen molar-refractivity contribution in [3.8, 4) is 0 Å². The molecule has 3 heterocycles. The molecule has 0 saturated carbocycles. The second kappa shape index (κ2) is 5.87. The maximum Gasteiger partial charge on any atom is 0.234 e. The van der Waals surface area contributed by atoms with Crippen molar-refractivity contribution in [3.05, 3.63) is 53.7 Å². The zero-order valence-electron chi connectivity index (χ0n) is 13.5. The Balaban J connectivity index is 1.44. The summed E-state index contributed by atoms with van der Waals surface area (Å²) in [6.07, 6.45) is 1.63. The van der Waals surface area contributed by atoms with E-state index in [1.165, 1.54) is 4.90 Å². The van der Waals surface area contributed by atoms with Crippen LogP contribution in [0.2, 0.25) is 0 Å². The summed E-state index contributed by atoms with van der Waals surface area (Å²) < 4.78 is 5.21. The minimum Gasteiger partial charge on any atom is -0.449 e. The second-order valence-corrected chi connectivity index (χ2v) is 6.51. The van der Waals surface area contributed by atoms with Crippen LogP contribution in [0.5, 0.6) is 0 Å². The van der Waals surface area contributed by atoms with E-state index in [0.29, 0.717) is 32.1 Å². The number of aromatic nitrogens is 1. The van der Waals surface area contributed by atoms with Crippen molar-refractivity contribution in [2.45, 2.75) is 20.0 Å². The minimum absolute atomic E-state index is 0.0484. The lowest BCUT2D eigenvalue weighted by molar-refractivity contribution is -0.141. The molecule has 1 aromatic heterocycles. The number of benzene rings is 1. The topological polar surface area (TPSA) is 66.7 Å². The Hall–Kier alpha value is -2.47. The lowest BCUT2D eigenvalue weighted by Gasteiger charge is -2.19. The smallest absolute Gasteiger partial charge is 0.234 e. The van der Waals surface area contributed by atoms with Gasteiger partial charge in [0.2, 0.25) is 11.8 Å². The van der Waals surface area contributed by atoms with Crippen LogP contribution in [0.15, 0.2) is 41.0 Å². The molecule has 6 nitrogen and oxygen atoms in total. The van der Waals surface area contributed by atoms with E-state index in [0.717, 1.165) is 11.3 Å². The molecule has 2 atom stereocenters. The number of carbonyl (C=O) groups is 2. The number of oxazole rings is 1. The number of fused-ring (bicyclic) bond motifs is 1. The van der Waals surface area contributed by atoms with E-state index >= 15 is 0 Å². The predicted octanol–water partition coefficient (Wildman–Crippen LogP) is 1.60. The molecule has 2 saturated heterocycles. The molecule has 6 heteroatoms. The number of carbonyl (C=O) groups excluding carboxylic acids is 2. The van der Waals surface area contributed by atoms with E-state index in [9.17, 15) is 9.59 Å². The van der Waals surface area contributed by atoms with Gasteiger partial charge in [-0.05, 0) is 5.56 Å². The van der Waals surface area contributed by atoms with Crippen molar-refractivity contribution in [2.75, 3.05) is 13.1 Å². The van der Waals surface area contributed by atoms with Crippen molar-refractivity contribution in [1.29, 1.82) is 0 Å². The fraction of sp³-hybridized carbons (Fsp3) is 0.389. The first-order valence-electron chi connectivity index (χ1n) is 8.14. The Kier molecular flexibility index (Phi) is 3.69. The molecule has 1 aromatic carbocycles. The zero-order valence-corrected chi connectivity index (χ0v) is 13.5. The van der Waals surface area contributed by atoms with Gasteiger partial charge in [0.1, 0.15) is 6.26 Å². The highest BCUT2D eigenvalue weighted by atomic mass is 16.3. The second-order valence-electron chi connectivity index (χ2n) is 6.51. The van der Waals surface area contributed by atoms with E-state index < -0.39 is 0 Å². The Morgan fingerprint density at radius 3 is 2.33 bits per heavy atom. The average Bonchev–Trinajstić information content (AvgIpc) is 3.23. The van der Waals surface area contributed by atoms with Gasteiger partial charge in [-0.1, -0.05) is 30.3 Å². The monoisotopic (exact) mass is 325 g/mol. The molecule has 0 aliphatic carbocycles. The Bertz CT molecular complexity index is 747. The van der Waals surface area contributed by atoms with Gasteiger partial charge in [0.25, 0.3) is 0 Å². The molecule has 124 valence electrons. The summed E-state index contributed by atoms with van der Waals surface area (Å²) in [4.78, 5) is 33.1. The van der Waals surface area contributed by atoms with Crippen LogP contribution in [-0.2, 0) is 22.7 Å².